The largest absolute Gasteiger partial charge is 0.298 e. The van der Waals surface area contributed by atoms with Crippen molar-refractivity contribution in [2.24, 2.45) is 0 Å². The van der Waals surface area contributed by atoms with Crippen LogP contribution in [0.2, 0.25) is 0 Å². The number of benzene rings is 1. The molecule has 1 saturated heterocycles. The van der Waals surface area contributed by atoms with Crippen LogP contribution in [-0.2, 0) is 6.54 Å². The van der Waals surface area contributed by atoms with Crippen LogP contribution in [0.4, 0.5) is 5.69 Å². The van der Waals surface area contributed by atoms with Gasteiger partial charge in [0.05, 0.1) is 4.92 Å². The summed E-state index contributed by atoms with van der Waals surface area (Å²) in [5.74, 6) is 0. The number of piperazine rings is 1. The molecule has 3 rings (SSSR count). The van der Waals surface area contributed by atoms with E-state index in [4.69, 9.17) is 0 Å². The second-order valence-corrected chi connectivity index (χ2v) is 6.88. The third-order valence-electron chi connectivity index (χ3n) is 5.28. The number of rotatable bonds is 4. The van der Waals surface area contributed by atoms with E-state index >= 15 is 0 Å². The number of nitrogens with zero attached hydrogens (tertiary/aromatic N) is 3. The number of nitro groups is 1. The first-order valence-electron chi connectivity index (χ1n) is 8.92. The van der Waals surface area contributed by atoms with Gasteiger partial charge in [-0.1, -0.05) is 37.8 Å². The van der Waals surface area contributed by atoms with Gasteiger partial charge in [-0.3, -0.25) is 19.9 Å². The Morgan fingerprint density at radius 2 is 1.74 bits per heavy atom. The molecule has 1 saturated carbocycles. The molecule has 0 spiro atoms. The van der Waals surface area contributed by atoms with Crippen LogP contribution in [0.25, 0.3) is 0 Å². The molecule has 2 fully saturated rings. The number of hydrogen-bond acceptors (Lipinski definition) is 4. The summed E-state index contributed by atoms with van der Waals surface area (Å²) < 4.78 is 0. The maximum Gasteiger partial charge on any atom is 0.269 e. The van der Waals surface area contributed by atoms with Crippen molar-refractivity contribution in [2.45, 2.75) is 51.1 Å². The Labute approximate surface area is 138 Å². The fourth-order valence-corrected chi connectivity index (χ4v) is 3.94. The Balaban J connectivity index is 1.51. The minimum absolute atomic E-state index is 0.194. The standard InChI is InChI=1S/C18H27N3O2/c22-21(23)18-9-5-6-16(14-18)15-19-10-12-20(13-11-19)17-7-3-1-2-4-8-17/h5-6,9,14,17H,1-4,7-8,10-13,15H2. The fourth-order valence-electron chi connectivity index (χ4n) is 3.94. The summed E-state index contributed by atoms with van der Waals surface area (Å²) in [7, 11) is 0. The van der Waals surface area contributed by atoms with Gasteiger partial charge in [0, 0.05) is 50.9 Å². The second-order valence-electron chi connectivity index (χ2n) is 6.88. The molecule has 0 N–H and O–H groups in total. The first kappa shape index (κ1) is 16.4. The van der Waals surface area contributed by atoms with Crippen molar-refractivity contribution in [3.63, 3.8) is 0 Å². The van der Waals surface area contributed by atoms with Crippen LogP contribution in [-0.4, -0.2) is 46.9 Å². The molecule has 23 heavy (non-hydrogen) atoms. The maximum absolute atomic E-state index is 10.9. The van der Waals surface area contributed by atoms with E-state index in [-0.39, 0.29) is 10.6 Å². The van der Waals surface area contributed by atoms with Crippen LogP contribution in [0.5, 0.6) is 0 Å². The lowest BCUT2D eigenvalue weighted by Gasteiger charge is -2.39. The van der Waals surface area contributed by atoms with Gasteiger partial charge in [0.15, 0.2) is 0 Å². The van der Waals surface area contributed by atoms with Crippen LogP contribution in [0.1, 0.15) is 44.1 Å². The quantitative estimate of drug-likeness (QED) is 0.485. The van der Waals surface area contributed by atoms with E-state index in [0.29, 0.717) is 0 Å². The molecule has 126 valence electrons. The van der Waals surface area contributed by atoms with Gasteiger partial charge in [0.25, 0.3) is 5.69 Å². The molecule has 5 heteroatoms. The Hall–Kier alpha value is -1.46. The Bertz CT molecular complexity index is 519. The maximum atomic E-state index is 10.9. The summed E-state index contributed by atoms with van der Waals surface area (Å²) >= 11 is 0. The molecule has 0 unspecified atom stereocenters. The summed E-state index contributed by atoms with van der Waals surface area (Å²) in [6.07, 6.45) is 8.32. The van der Waals surface area contributed by atoms with Crippen molar-refractivity contribution < 1.29 is 4.92 Å². The lowest BCUT2D eigenvalue weighted by molar-refractivity contribution is -0.384. The van der Waals surface area contributed by atoms with Crippen LogP contribution in [0, 0.1) is 10.1 Å². The van der Waals surface area contributed by atoms with Crippen LogP contribution >= 0.6 is 0 Å². The molecule has 1 aromatic rings. The van der Waals surface area contributed by atoms with E-state index in [2.05, 4.69) is 9.80 Å². The second kappa shape index (κ2) is 7.88. The van der Waals surface area contributed by atoms with Gasteiger partial charge < -0.3 is 0 Å². The monoisotopic (exact) mass is 317 g/mol. The van der Waals surface area contributed by atoms with Crippen molar-refractivity contribution in [3.05, 3.63) is 39.9 Å². The predicted octanol–water partition coefficient (Wildman–Crippen LogP) is 3.44. The molecular weight excluding hydrogens is 290 g/mol. The van der Waals surface area contributed by atoms with Gasteiger partial charge in [-0.05, 0) is 18.4 Å². The molecule has 0 aromatic heterocycles. The first-order chi connectivity index (χ1) is 11.2. The highest BCUT2D eigenvalue weighted by Crippen LogP contribution is 2.23. The Morgan fingerprint density at radius 3 is 2.39 bits per heavy atom. The molecule has 0 amide bonds. The SMILES string of the molecule is O=[N+]([O-])c1cccc(CN2CCN(C3CCCCCC3)CC2)c1. The van der Waals surface area contributed by atoms with Gasteiger partial charge >= 0.3 is 0 Å². The van der Waals surface area contributed by atoms with E-state index in [9.17, 15) is 10.1 Å². The molecule has 2 aliphatic rings. The highest BCUT2D eigenvalue weighted by atomic mass is 16.6. The predicted molar refractivity (Wildman–Crippen MR) is 91.4 cm³/mol. The third-order valence-corrected chi connectivity index (χ3v) is 5.28. The molecule has 1 aliphatic heterocycles. The molecular formula is C18H27N3O2. The first-order valence-corrected chi connectivity index (χ1v) is 8.92. The molecule has 1 aliphatic carbocycles. The van der Waals surface area contributed by atoms with Crippen LogP contribution in [0.15, 0.2) is 24.3 Å². The summed E-state index contributed by atoms with van der Waals surface area (Å²) in [5.41, 5.74) is 1.24. The van der Waals surface area contributed by atoms with E-state index < -0.39 is 0 Å². The van der Waals surface area contributed by atoms with Gasteiger partial charge in [-0.2, -0.15) is 0 Å². The lowest BCUT2D eigenvalue weighted by Crippen LogP contribution is -2.49. The number of non-ortho nitro benzene ring substituents is 1. The van der Waals surface area contributed by atoms with Gasteiger partial charge in [-0.25, -0.2) is 0 Å². The Kier molecular flexibility index (Phi) is 5.62. The van der Waals surface area contributed by atoms with Gasteiger partial charge in [-0.15, -0.1) is 0 Å². The molecule has 1 heterocycles. The van der Waals surface area contributed by atoms with E-state index in [1.165, 1.54) is 38.5 Å². The smallest absolute Gasteiger partial charge is 0.269 e. The van der Waals surface area contributed by atoms with Crippen molar-refractivity contribution >= 4 is 5.69 Å². The summed E-state index contributed by atoms with van der Waals surface area (Å²) in [5, 5.41) is 10.9. The fraction of sp³-hybridized carbons (Fsp3) is 0.667. The zero-order valence-electron chi connectivity index (χ0n) is 13.8. The molecule has 5 nitrogen and oxygen atoms in total. The highest BCUT2D eigenvalue weighted by molar-refractivity contribution is 5.34. The minimum atomic E-state index is -0.312. The van der Waals surface area contributed by atoms with Crippen molar-refractivity contribution in [2.75, 3.05) is 26.2 Å². The molecule has 0 bridgehead atoms. The highest BCUT2D eigenvalue weighted by Gasteiger charge is 2.24. The van der Waals surface area contributed by atoms with E-state index in [0.717, 1.165) is 44.3 Å². The zero-order chi connectivity index (χ0) is 16.1. The minimum Gasteiger partial charge on any atom is -0.298 e. The van der Waals surface area contributed by atoms with Crippen molar-refractivity contribution in [1.29, 1.82) is 0 Å². The normalized spacial score (nSPS) is 21.9. The summed E-state index contributed by atoms with van der Waals surface area (Å²) in [6, 6.07) is 7.84. The van der Waals surface area contributed by atoms with Crippen LogP contribution < -0.4 is 0 Å². The van der Waals surface area contributed by atoms with Gasteiger partial charge in [0.1, 0.15) is 0 Å². The number of nitro benzene ring substituents is 1. The average Bonchev–Trinajstić information content (AvgIpc) is 2.85. The van der Waals surface area contributed by atoms with Crippen LogP contribution in [0.3, 0.4) is 0 Å². The van der Waals surface area contributed by atoms with Gasteiger partial charge in [0.2, 0.25) is 0 Å². The molecule has 0 atom stereocenters. The van der Waals surface area contributed by atoms with E-state index in [1.54, 1.807) is 18.2 Å². The summed E-state index contributed by atoms with van der Waals surface area (Å²) in [4.78, 5) is 15.7. The molecule has 0 radical (unpaired) electrons. The lowest BCUT2D eigenvalue weighted by atomic mass is 10.1. The topological polar surface area (TPSA) is 49.6 Å². The van der Waals surface area contributed by atoms with E-state index in [1.807, 2.05) is 6.07 Å². The average molecular weight is 317 g/mol. The summed E-state index contributed by atoms with van der Waals surface area (Å²) in [6.45, 7) is 5.23. The zero-order valence-corrected chi connectivity index (χ0v) is 13.8. The number of hydrogen-bond donors (Lipinski definition) is 0. The van der Waals surface area contributed by atoms with Crippen molar-refractivity contribution in [1.82, 2.24) is 9.80 Å². The van der Waals surface area contributed by atoms with Crippen molar-refractivity contribution in [3.8, 4) is 0 Å². The molecule has 1 aromatic carbocycles. The third kappa shape index (κ3) is 4.52. The Morgan fingerprint density at radius 1 is 1.04 bits per heavy atom.